The highest BCUT2D eigenvalue weighted by Crippen LogP contribution is 2.45. The SMILES string of the molecule is CC(C)C12OCCN1CCS2. The zero-order valence-electron chi connectivity index (χ0n) is 7.17. The molecule has 1 atom stereocenters. The van der Waals surface area contributed by atoms with Crippen LogP contribution in [0, 0.1) is 5.92 Å². The van der Waals surface area contributed by atoms with Gasteiger partial charge in [0.25, 0.3) is 0 Å². The summed E-state index contributed by atoms with van der Waals surface area (Å²) in [7, 11) is 0. The number of nitrogens with zero attached hydrogens (tertiary/aromatic N) is 1. The second-order valence-corrected chi connectivity index (χ2v) is 4.75. The molecule has 2 nitrogen and oxygen atoms in total. The van der Waals surface area contributed by atoms with Crippen molar-refractivity contribution in [3.8, 4) is 0 Å². The van der Waals surface area contributed by atoms with Crippen molar-refractivity contribution in [3.63, 3.8) is 0 Å². The summed E-state index contributed by atoms with van der Waals surface area (Å²) in [6.45, 7) is 7.76. The maximum absolute atomic E-state index is 5.81. The van der Waals surface area contributed by atoms with Gasteiger partial charge in [-0.25, -0.2) is 0 Å². The van der Waals surface area contributed by atoms with Crippen LogP contribution in [0.5, 0.6) is 0 Å². The number of fused-ring (bicyclic) bond motifs is 1. The van der Waals surface area contributed by atoms with E-state index in [4.69, 9.17) is 4.74 Å². The number of rotatable bonds is 1. The minimum absolute atomic E-state index is 0.0556. The quantitative estimate of drug-likeness (QED) is 0.594. The molecule has 64 valence electrons. The molecule has 0 aromatic heterocycles. The van der Waals surface area contributed by atoms with E-state index >= 15 is 0 Å². The molecule has 0 spiro atoms. The molecule has 2 aliphatic rings. The van der Waals surface area contributed by atoms with Crippen molar-refractivity contribution in [2.75, 3.05) is 25.4 Å². The summed E-state index contributed by atoms with van der Waals surface area (Å²) in [6.07, 6.45) is 0. The predicted octanol–water partition coefficient (Wildman–Crippen LogP) is 1.38. The van der Waals surface area contributed by atoms with E-state index in [2.05, 4.69) is 18.7 Å². The van der Waals surface area contributed by atoms with E-state index < -0.39 is 0 Å². The van der Waals surface area contributed by atoms with Gasteiger partial charge < -0.3 is 4.74 Å². The van der Waals surface area contributed by atoms with Gasteiger partial charge in [-0.05, 0) is 0 Å². The Balaban J connectivity index is 2.20. The molecular formula is C8H15NOS. The zero-order valence-corrected chi connectivity index (χ0v) is 7.99. The van der Waals surface area contributed by atoms with Crippen LogP contribution in [0.15, 0.2) is 0 Å². The highest BCUT2D eigenvalue weighted by molar-refractivity contribution is 8.00. The molecule has 11 heavy (non-hydrogen) atoms. The molecule has 3 heteroatoms. The first kappa shape index (κ1) is 7.90. The van der Waals surface area contributed by atoms with Crippen LogP contribution in [0.25, 0.3) is 0 Å². The lowest BCUT2D eigenvalue weighted by atomic mass is 10.1. The van der Waals surface area contributed by atoms with Crippen LogP contribution < -0.4 is 0 Å². The van der Waals surface area contributed by atoms with Crippen LogP contribution in [0.4, 0.5) is 0 Å². The normalized spacial score (nSPS) is 38.5. The summed E-state index contributed by atoms with van der Waals surface area (Å²) in [5.74, 6) is 1.84. The number of ether oxygens (including phenoxy) is 1. The number of hydrogen-bond donors (Lipinski definition) is 0. The smallest absolute Gasteiger partial charge is 0.172 e. The number of thioether (sulfide) groups is 1. The second kappa shape index (κ2) is 2.64. The lowest BCUT2D eigenvalue weighted by Gasteiger charge is -2.33. The largest absolute Gasteiger partial charge is 0.349 e. The lowest BCUT2D eigenvalue weighted by Crippen LogP contribution is -2.41. The van der Waals surface area contributed by atoms with Gasteiger partial charge in [-0.15, -0.1) is 11.8 Å². The van der Waals surface area contributed by atoms with Crippen molar-refractivity contribution in [2.45, 2.75) is 18.9 Å². The fourth-order valence-electron chi connectivity index (χ4n) is 1.95. The van der Waals surface area contributed by atoms with Crippen LogP contribution >= 0.6 is 11.8 Å². The van der Waals surface area contributed by atoms with E-state index in [-0.39, 0.29) is 5.06 Å². The Hall–Kier alpha value is 0.270. The zero-order chi connectivity index (χ0) is 7.90. The molecule has 2 heterocycles. The molecule has 0 bridgehead atoms. The van der Waals surface area contributed by atoms with Gasteiger partial charge in [0.15, 0.2) is 5.06 Å². The van der Waals surface area contributed by atoms with Gasteiger partial charge in [0.1, 0.15) is 0 Å². The average molecular weight is 173 g/mol. The van der Waals surface area contributed by atoms with Gasteiger partial charge in [-0.3, -0.25) is 4.90 Å². The Labute approximate surface area is 72.3 Å². The van der Waals surface area contributed by atoms with Gasteiger partial charge in [0.05, 0.1) is 6.61 Å². The molecule has 2 aliphatic heterocycles. The van der Waals surface area contributed by atoms with E-state index in [0.29, 0.717) is 5.92 Å². The van der Waals surface area contributed by atoms with Gasteiger partial charge in [-0.2, -0.15) is 0 Å². The molecule has 0 N–H and O–H groups in total. The van der Waals surface area contributed by atoms with Gasteiger partial charge in [-0.1, -0.05) is 13.8 Å². The summed E-state index contributed by atoms with van der Waals surface area (Å²) in [5, 5.41) is 0.0556. The molecule has 2 rings (SSSR count). The first-order chi connectivity index (χ1) is 5.26. The number of hydrogen-bond acceptors (Lipinski definition) is 3. The van der Waals surface area contributed by atoms with Crippen molar-refractivity contribution in [2.24, 2.45) is 5.92 Å². The van der Waals surface area contributed by atoms with Crippen LogP contribution in [0.3, 0.4) is 0 Å². The van der Waals surface area contributed by atoms with Crippen LogP contribution in [0.2, 0.25) is 0 Å². The minimum Gasteiger partial charge on any atom is -0.349 e. The average Bonchev–Trinajstić information content (AvgIpc) is 2.40. The standard InChI is InChI=1S/C8H15NOS/c1-7(2)8-9(3-5-10-8)4-6-11-8/h7H,3-6H2,1-2H3. The second-order valence-electron chi connectivity index (χ2n) is 3.47. The Morgan fingerprint density at radius 2 is 2.27 bits per heavy atom. The van der Waals surface area contributed by atoms with Gasteiger partial charge in [0.2, 0.25) is 0 Å². The van der Waals surface area contributed by atoms with E-state index in [1.165, 1.54) is 12.3 Å². The van der Waals surface area contributed by atoms with E-state index in [1.54, 1.807) is 0 Å². The molecule has 2 fully saturated rings. The molecule has 0 aromatic carbocycles. The molecular weight excluding hydrogens is 158 g/mol. The van der Waals surface area contributed by atoms with Gasteiger partial charge in [0, 0.05) is 24.8 Å². The molecule has 0 saturated carbocycles. The third kappa shape index (κ3) is 1.02. The first-order valence-corrected chi connectivity index (χ1v) is 5.27. The lowest BCUT2D eigenvalue weighted by molar-refractivity contribution is -0.0249. The van der Waals surface area contributed by atoms with E-state index in [1.807, 2.05) is 11.8 Å². The first-order valence-electron chi connectivity index (χ1n) is 4.29. The van der Waals surface area contributed by atoms with Crippen LogP contribution in [-0.2, 0) is 4.74 Å². The monoisotopic (exact) mass is 173 g/mol. The fraction of sp³-hybridized carbons (Fsp3) is 1.00. The van der Waals surface area contributed by atoms with Crippen LogP contribution in [0.1, 0.15) is 13.8 Å². The highest BCUT2D eigenvalue weighted by Gasteiger charge is 2.48. The highest BCUT2D eigenvalue weighted by atomic mass is 32.2. The minimum atomic E-state index is 0.0556. The Morgan fingerprint density at radius 1 is 1.45 bits per heavy atom. The summed E-state index contributed by atoms with van der Waals surface area (Å²) >= 11 is 1.97. The maximum Gasteiger partial charge on any atom is 0.172 e. The Kier molecular flexibility index (Phi) is 1.90. The summed E-state index contributed by atoms with van der Waals surface area (Å²) in [6, 6.07) is 0. The van der Waals surface area contributed by atoms with E-state index in [0.717, 1.165) is 13.2 Å². The van der Waals surface area contributed by atoms with Crippen molar-refractivity contribution >= 4 is 11.8 Å². The molecule has 0 aliphatic carbocycles. The molecule has 1 unspecified atom stereocenters. The Bertz CT molecular complexity index is 150. The molecule has 0 aromatic rings. The van der Waals surface area contributed by atoms with Gasteiger partial charge >= 0.3 is 0 Å². The fourth-order valence-corrected chi connectivity index (χ4v) is 3.42. The topological polar surface area (TPSA) is 12.5 Å². The Morgan fingerprint density at radius 3 is 2.91 bits per heavy atom. The predicted molar refractivity (Wildman–Crippen MR) is 47.6 cm³/mol. The van der Waals surface area contributed by atoms with Crippen molar-refractivity contribution in [3.05, 3.63) is 0 Å². The van der Waals surface area contributed by atoms with Crippen molar-refractivity contribution < 1.29 is 4.74 Å². The van der Waals surface area contributed by atoms with Crippen molar-refractivity contribution in [1.29, 1.82) is 0 Å². The molecule has 0 amide bonds. The third-order valence-electron chi connectivity index (χ3n) is 2.51. The summed E-state index contributed by atoms with van der Waals surface area (Å²) in [5.41, 5.74) is 0. The molecule has 0 radical (unpaired) electrons. The third-order valence-corrected chi connectivity index (χ3v) is 4.16. The summed E-state index contributed by atoms with van der Waals surface area (Å²) < 4.78 is 5.81. The van der Waals surface area contributed by atoms with Crippen LogP contribution in [-0.4, -0.2) is 35.4 Å². The maximum atomic E-state index is 5.81. The van der Waals surface area contributed by atoms with E-state index in [9.17, 15) is 0 Å². The molecule has 2 saturated heterocycles. The van der Waals surface area contributed by atoms with Crippen molar-refractivity contribution in [1.82, 2.24) is 4.90 Å². The summed E-state index contributed by atoms with van der Waals surface area (Å²) in [4.78, 5) is 2.47.